The van der Waals surface area contributed by atoms with Crippen LogP contribution in [0.1, 0.15) is 11.1 Å². The smallest absolute Gasteiger partial charge is 0.126 e. The lowest BCUT2D eigenvalue weighted by Crippen LogP contribution is -2.27. The minimum Gasteiger partial charge on any atom is -0.379 e. The summed E-state index contributed by atoms with van der Waals surface area (Å²) in [5.74, 6) is 0.621. The van der Waals surface area contributed by atoms with Gasteiger partial charge in [0.1, 0.15) is 5.60 Å². The van der Waals surface area contributed by atoms with E-state index in [1.165, 1.54) is 0 Å². The van der Waals surface area contributed by atoms with E-state index in [4.69, 9.17) is 11.6 Å². The summed E-state index contributed by atoms with van der Waals surface area (Å²) in [4.78, 5) is 1.07. The van der Waals surface area contributed by atoms with E-state index in [2.05, 4.69) is 0 Å². The van der Waals surface area contributed by atoms with Crippen LogP contribution in [0.4, 0.5) is 0 Å². The van der Waals surface area contributed by atoms with E-state index >= 15 is 0 Å². The van der Waals surface area contributed by atoms with Crippen LogP contribution in [0.2, 0.25) is 5.02 Å². The number of fused-ring (bicyclic) bond motifs is 1. The Morgan fingerprint density at radius 1 is 1.06 bits per heavy atom. The normalized spacial score (nSPS) is 22.5. The van der Waals surface area contributed by atoms with Crippen molar-refractivity contribution in [1.82, 2.24) is 0 Å². The zero-order valence-corrected chi connectivity index (χ0v) is 10.6. The molecule has 0 bridgehead atoms. The van der Waals surface area contributed by atoms with E-state index in [9.17, 15) is 5.11 Å². The van der Waals surface area contributed by atoms with Crippen LogP contribution in [-0.2, 0) is 5.60 Å². The van der Waals surface area contributed by atoms with Gasteiger partial charge in [0.15, 0.2) is 0 Å². The molecule has 0 saturated carbocycles. The Balaban J connectivity index is 2.20. The first-order valence-electron chi connectivity index (χ1n) is 5.41. The molecule has 3 rings (SSSR count). The molecule has 3 heteroatoms. The van der Waals surface area contributed by atoms with Gasteiger partial charge in [-0.05, 0) is 17.7 Å². The lowest BCUT2D eigenvalue weighted by Gasteiger charge is -2.24. The molecule has 1 heterocycles. The van der Waals surface area contributed by atoms with E-state index in [0.29, 0.717) is 10.8 Å². The molecule has 1 unspecified atom stereocenters. The first-order valence-corrected chi connectivity index (χ1v) is 6.78. The molecule has 86 valence electrons. The fourth-order valence-electron chi connectivity index (χ4n) is 2.22. The third-order valence-electron chi connectivity index (χ3n) is 3.08. The van der Waals surface area contributed by atoms with Gasteiger partial charge in [-0.3, -0.25) is 0 Å². The van der Waals surface area contributed by atoms with Crippen molar-refractivity contribution >= 4 is 23.4 Å². The standard InChI is InChI=1S/C14H11ClOS/c15-11-7-4-8-12-13(11)14(16,9-17-12)10-5-2-1-3-6-10/h1-8,16H,9H2. The minimum atomic E-state index is -0.959. The Morgan fingerprint density at radius 2 is 1.82 bits per heavy atom. The molecule has 0 aromatic heterocycles. The molecule has 1 aliphatic heterocycles. The predicted octanol–water partition coefficient (Wildman–Crippen LogP) is 3.68. The zero-order chi connectivity index (χ0) is 11.9. The summed E-state index contributed by atoms with van der Waals surface area (Å²) in [7, 11) is 0. The van der Waals surface area contributed by atoms with Crippen molar-refractivity contribution in [3.8, 4) is 0 Å². The Morgan fingerprint density at radius 3 is 2.59 bits per heavy atom. The van der Waals surface area contributed by atoms with Gasteiger partial charge >= 0.3 is 0 Å². The topological polar surface area (TPSA) is 20.2 Å². The highest BCUT2D eigenvalue weighted by Gasteiger charge is 2.40. The molecule has 0 amide bonds. The van der Waals surface area contributed by atoms with E-state index in [1.54, 1.807) is 11.8 Å². The molecule has 1 nitrogen and oxygen atoms in total. The van der Waals surface area contributed by atoms with Gasteiger partial charge in [0.25, 0.3) is 0 Å². The van der Waals surface area contributed by atoms with Crippen molar-refractivity contribution in [3.63, 3.8) is 0 Å². The highest BCUT2D eigenvalue weighted by molar-refractivity contribution is 7.99. The van der Waals surface area contributed by atoms with Gasteiger partial charge < -0.3 is 5.11 Å². The largest absolute Gasteiger partial charge is 0.379 e. The summed E-state index contributed by atoms with van der Waals surface area (Å²) in [6, 6.07) is 15.5. The lowest BCUT2D eigenvalue weighted by atomic mass is 9.88. The quantitative estimate of drug-likeness (QED) is 0.846. The van der Waals surface area contributed by atoms with Crippen LogP contribution >= 0.6 is 23.4 Å². The molecule has 1 N–H and O–H groups in total. The summed E-state index contributed by atoms with van der Waals surface area (Å²) in [5.41, 5.74) is 0.789. The van der Waals surface area contributed by atoms with Gasteiger partial charge in [-0.15, -0.1) is 11.8 Å². The van der Waals surface area contributed by atoms with Crippen molar-refractivity contribution in [2.75, 3.05) is 5.75 Å². The van der Waals surface area contributed by atoms with Gasteiger partial charge in [0, 0.05) is 21.2 Å². The molecule has 0 radical (unpaired) electrons. The Bertz CT molecular complexity index is 555. The maximum Gasteiger partial charge on any atom is 0.126 e. The number of aliphatic hydroxyl groups is 1. The molecule has 17 heavy (non-hydrogen) atoms. The second kappa shape index (κ2) is 4.05. The van der Waals surface area contributed by atoms with E-state index in [0.717, 1.165) is 16.0 Å². The van der Waals surface area contributed by atoms with Crippen molar-refractivity contribution in [1.29, 1.82) is 0 Å². The van der Waals surface area contributed by atoms with Crippen LogP contribution in [0.3, 0.4) is 0 Å². The molecule has 0 saturated heterocycles. The minimum absolute atomic E-state index is 0.621. The van der Waals surface area contributed by atoms with Crippen LogP contribution < -0.4 is 0 Å². The van der Waals surface area contributed by atoms with Gasteiger partial charge in [-0.2, -0.15) is 0 Å². The predicted molar refractivity (Wildman–Crippen MR) is 71.6 cm³/mol. The van der Waals surface area contributed by atoms with Crippen molar-refractivity contribution < 1.29 is 5.11 Å². The van der Waals surface area contributed by atoms with Crippen LogP contribution in [0.15, 0.2) is 53.4 Å². The molecular formula is C14H11ClOS. The van der Waals surface area contributed by atoms with Gasteiger partial charge in [-0.1, -0.05) is 48.0 Å². The maximum atomic E-state index is 10.9. The third kappa shape index (κ3) is 1.68. The monoisotopic (exact) mass is 262 g/mol. The molecule has 0 aliphatic carbocycles. The van der Waals surface area contributed by atoms with Crippen LogP contribution in [0, 0.1) is 0 Å². The maximum absolute atomic E-state index is 10.9. The van der Waals surface area contributed by atoms with Crippen LogP contribution in [0.25, 0.3) is 0 Å². The van der Waals surface area contributed by atoms with E-state index in [1.807, 2.05) is 48.5 Å². The van der Waals surface area contributed by atoms with Crippen LogP contribution in [-0.4, -0.2) is 10.9 Å². The zero-order valence-electron chi connectivity index (χ0n) is 9.06. The van der Waals surface area contributed by atoms with Crippen molar-refractivity contribution in [3.05, 3.63) is 64.7 Å². The molecule has 2 aromatic rings. The molecule has 2 aromatic carbocycles. The highest BCUT2D eigenvalue weighted by atomic mass is 35.5. The number of rotatable bonds is 1. The molecule has 1 atom stereocenters. The SMILES string of the molecule is OC1(c2ccccc2)CSc2cccc(Cl)c21. The number of hydrogen-bond donors (Lipinski definition) is 1. The number of halogens is 1. The second-order valence-corrected chi connectivity index (χ2v) is 5.55. The summed E-state index contributed by atoms with van der Waals surface area (Å²) in [5, 5.41) is 11.5. The second-order valence-electron chi connectivity index (χ2n) is 4.13. The summed E-state index contributed by atoms with van der Waals surface area (Å²) in [6.07, 6.45) is 0. The first-order chi connectivity index (χ1) is 8.22. The van der Waals surface area contributed by atoms with Crippen molar-refractivity contribution in [2.45, 2.75) is 10.5 Å². The Hall–Kier alpha value is -0.960. The number of benzene rings is 2. The fraction of sp³-hybridized carbons (Fsp3) is 0.143. The summed E-state index contributed by atoms with van der Waals surface area (Å²) < 4.78 is 0. The van der Waals surface area contributed by atoms with Gasteiger partial charge in [-0.25, -0.2) is 0 Å². The average Bonchev–Trinajstić information content (AvgIpc) is 2.71. The third-order valence-corrected chi connectivity index (χ3v) is 4.61. The average molecular weight is 263 g/mol. The Labute approximate surface area is 109 Å². The molecule has 1 aliphatic rings. The molecule has 0 fully saturated rings. The van der Waals surface area contributed by atoms with E-state index in [-0.39, 0.29) is 0 Å². The number of thioether (sulfide) groups is 1. The summed E-state index contributed by atoms with van der Waals surface area (Å²) >= 11 is 7.88. The first kappa shape index (κ1) is 11.1. The summed E-state index contributed by atoms with van der Waals surface area (Å²) in [6.45, 7) is 0. The Kier molecular flexibility index (Phi) is 2.66. The van der Waals surface area contributed by atoms with Gasteiger partial charge in [0.05, 0.1) is 0 Å². The lowest BCUT2D eigenvalue weighted by molar-refractivity contribution is 0.109. The number of hydrogen-bond acceptors (Lipinski definition) is 2. The molecular weight excluding hydrogens is 252 g/mol. The molecule has 0 spiro atoms. The van der Waals surface area contributed by atoms with Crippen molar-refractivity contribution in [2.24, 2.45) is 0 Å². The van der Waals surface area contributed by atoms with Gasteiger partial charge in [0.2, 0.25) is 0 Å². The van der Waals surface area contributed by atoms with Crippen LogP contribution in [0.5, 0.6) is 0 Å². The fourth-order valence-corrected chi connectivity index (χ4v) is 3.88. The van der Waals surface area contributed by atoms with E-state index < -0.39 is 5.60 Å². The highest BCUT2D eigenvalue weighted by Crippen LogP contribution is 2.48.